The van der Waals surface area contributed by atoms with Gasteiger partial charge in [-0.25, -0.2) is 9.18 Å². The Labute approximate surface area is 136 Å². The highest BCUT2D eigenvalue weighted by Gasteiger charge is 2.26. The molecule has 1 heterocycles. The molecule has 0 unspecified atom stereocenters. The maximum Gasteiger partial charge on any atom is 0.410 e. The molecule has 2 rings (SSSR count). The second-order valence-corrected chi connectivity index (χ2v) is 7.89. The quantitative estimate of drug-likeness (QED) is 0.822. The van der Waals surface area contributed by atoms with Gasteiger partial charge in [-0.2, -0.15) is 11.8 Å². The molecular formula is C17H24FNO2S. The fraction of sp³-hybridized carbons (Fsp3) is 0.588. The van der Waals surface area contributed by atoms with E-state index in [1.807, 2.05) is 44.7 Å². The van der Waals surface area contributed by atoms with E-state index in [9.17, 15) is 9.18 Å². The summed E-state index contributed by atoms with van der Waals surface area (Å²) in [5.41, 5.74) is 0.701. The van der Waals surface area contributed by atoms with Crippen molar-refractivity contribution in [3.63, 3.8) is 0 Å². The number of benzene rings is 1. The smallest absolute Gasteiger partial charge is 0.410 e. The molecular weight excluding hydrogens is 301 g/mol. The summed E-state index contributed by atoms with van der Waals surface area (Å²) < 4.78 is 18.3. The van der Waals surface area contributed by atoms with Gasteiger partial charge in [0.15, 0.2) is 0 Å². The predicted molar refractivity (Wildman–Crippen MR) is 88.5 cm³/mol. The second kappa shape index (κ2) is 7.36. The van der Waals surface area contributed by atoms with E-state index in [-0.39, 0.29) is 11.9 Å². The van der Waals surface area contributed by atoms with Crippen molar-refractivity contribution in [3.05, 3.63) is 35.6 Å². The first-order valence-electron chi connectivity index (χ1n) is 7.67. The normalized spacial score (nSPS) is 16.6. The number of hydrogen-bond acceptors (Lipinski definition) is 3. The van der Waals surface area contributed by atoms with Crippen molar-refractivity contribution in [3.8, 4) is 0 Å². The molecule has 0 N–H and O–H groups in total. The number of hydrogen-bond donors (Lipinski definition) is 0. The number of rotatable bonds is 3. The summed E-state index contributed by atoms with van der Waals surface area (Å²) in [5, 5.41) is 0.545. The van der Waals surface area contributed by atoms with Gasteiger partial charge in [0.25, 0.3) is 0 Å². The lowest BCUT2D eigenvalue weighted by atomic mass is 10.1. The number of carbonyl (C=O) groups excluding carboxylic acids is 1. The third kappa shape index (κ3) is 5.52. The van der Waals surface area contributed by atoms with Crippen molar-refractivity contribution < 1.29 is 13.9 Å². The number of piperidine rings is 1. The molecule has 0 aromatic heterocycles. The van der Waals surface area contributed by atoms with E-state index >= 15 is 0 Å². The molecule has 0 radical (unpaired) electrons. The molecule has 122 valence electrons. The molecule has 3 nitrogen and oxygen atoms in total. The Hall–Kier alpha value is -1.23. The molecule has 1 aromatic rings. The molecule has 0 aliphatic carbocycles. The average Bonchev–Trinajstić information content (AvgIpc) is 2.45. The summed E-state index contributed by atoms with van der Waals surface area (Å²) in [4.78, 5) is 13.8. The number of thioether (sulfide) groups is 1. The Morgan fingerprint density at radius 2 is 1.86 bits per heavy atom. The fourth-order valence-electron chi connectivity index (χ4n) is 2.33. The van der Waals surface area contributed by atoms with Gasteiger partial charge in [0, 0.05) is 24.1 Å². The number of halogens is 1. The molecule has 1 aromatic carbocycles. The van der Waals surface area contributed by atoms with Crippen LogP contribution in [0.3, 0.4) is 0 Å². The minimum atomic E-state index is -0.439. The minimum Gasteiger partial charge on any atom is -0.444 e. The lowest BCUT2D eigenvalue weighted by Crippen LogP contribution is -2.42. The molecule has 1 saturated heterocycles. The zero-order chi connectivity index (χ0) is 16.2. The van der Waals surface area contributed by atoms with Crippen molar-refractivity contribution in [2.45, 2.75) is 50.2 Å². The molecule has 1 fully saturated rings. The van der Waals surface area contributed by atoms with E-state index in [2.05, 4.69) is 0 Å². The number of nitrogens with zero attached hydrogens (tertiary/aromatic N) is 1. The van der Waals surface area contributed by atoms with Gasteiger partial charge >= 0.3 is 6.09 Å². The summed E-state index contributed by atoms with van der Waals surface area (Å²) in [6.07, 6.45) is 1.74. The summed E-state index contributed by atoms with van der Waals surface area (Å²) in [6.45, 7) is 7.15. The largest absolute Gasteiger partial charge is 0.444 e. The van der Waals surface area contributed by atoms with Crippen molar-refractivity contribution in [2.24, 2.45) is 0 Å². The van der Waals surface area contributed by atoms with Crippen LogP contribution in [0.25, 0.3) is 0 Å². The standard InChI is InChI=1S/C17H24FNO2S/c1-17(2,3)21-16(20)19-10-8-15(9-11-19)22-12-13-4-6-14(18)7-5-13/h4-7,15H,8-12H2,1-3H3. The van der Waals surface area contributed by atoms with Crippen LogP contribution in [-0.4, -0.2) is 34.9 Å². The fourth-order valence-corrected chi connectivity index (χ4v) is 3.49. The monoisotopic (exact) mass is 325 g/mol. The van der Waals surface area contributed by atoms with E-state index in [0.717, 1.165) is 37.2 Å². The first-order valence-corrected chi connectivity index (χ1v) is 8.72. The number of carbonyl (C=O) groups is 1. The lowest BCUT2D eigenvalue weighted by molar-refractivity contribution is 0.0219. The van der Waals surface area contributed by atoms with Gasteiger partial charge in [0.1, 0.15) is 11.4 Å². The Kier molecular flexibility index (Phi) is 5.73. The molecule has 5 heteroatoms. The van der Waals surface area contributed by atoms with Gasteiger partial charge in [-0.05, 0) is 51.3 Å². The SMILES string of the molecule is CC(C)(C)OC(=O)N1CCC(SCc2ccc(F)cc2)CC1. The Bertz CT molecular complexity index is 490. The van der Waals surface area contributed by atoms with Crippen LogP contribution in [0.1, 0.15) is 39.2 Å². The number of ether oxygens (including phenoxy) is 1. The van der Waals surface area contributed by atoms with E-state index in [4.69, 9.17) is 4.74 Å². The van der Waals surface area contributed by atoms with Crippen LogP contribution in [0.2, 0.25) is 0 Å². The maximum atomic E-state index is 12.9. The molecule has 0 bridgehead atoms. The highest BCUT2D eigenvalue weighted by Crippen LogP contribution is 2.27. The number of amides is 1. The summed E-state index contributed by atoms with van der Waals surface area (Å²) >= 11 is 1.88. The highest BCUT2D eigenvalue weighted by molar-refractivity contribution is 7.99. The maximum absolute atomic E-state index is 12.9. The minimum absolute atomic E-state index is 0.195. The van der Waals surface area contributed by atoms with Crippen LogP contribution >= 0.6 is 11.8 Å². The Balaban J connectivity index is 1.73. The molecule has 1 amide bonds. The molecule has 0 atom stereocenters. The first-order chi connectivity index (χ1) is 10.3. The van der Waals surface area contributed by atoms with Gasteiger partial charge in [-0.15, -0.1) is 0 Å². The molecule has 0 spiro atoms. The van der Waals surface area contributed by atoms with Gasteiger partial charge < -0.3 is 9.64 Å². The van der Waals surface area contributed by atoms with Crippen LogP contribution in [0.5, 0.6) is 0 Å². The molecule has 1 aliphatic heterocycles. The molecule has 22 heavy (non-hydrogen) atoms. The number of likely N-dealkylation sites (tertiary alicyclic amines) is 1. The zero-order valence-electron chi connectivity index (χ0n) is 13.5. The first kappa shape index (κ1) is 17.1. The molecule has 0 saturated carbocycles. The third-order valence-corrected chi connectivity index (χ3v) is 4.94. The highest BCUT2D eigenvalue weighted by atomic mass is 32.2. The van der Waals surface area contributed by atoms with Crippen molar-refractivity contribution in [2.75, 3.05) is 13.1 Å². The van der Waals surface area contributed by atoms with Crippen molar-refractivity contribution in [1.29, 1.82) is 0 Å². The van der Waals surface area contributed by atoms with Gasteiger partial charge in [-0.3, -0.25) is 0 Å². The average molecular weight is 325 g/mol. The van der Waals surface area contributed by atoms with Gasteiger partial charge in [0.2, 0.25) is 0 Å². The van der Waals surface area contributed by atoms with Crippen LogP contribution in [0.4, 0.5) is 9.18 Å². The summed E-state index contributed by atoms with van der Waals surface area (Å²) in [5.74, 6) is 0.691. The van der Waals surface area contributed by atoms with Crippen LogP contribution in [0.15, 0.2) is 24.3 Å². The predicted octanol–water partition coefficient (Wildman–Crippen LogP) is 4.46. The summed E-state index contributed by atoms with van der Waals surface area (Å²) in [7, 11) is 0. The lowest BCUT2D eigenvalue weighted by Gasteiger charge is -2.33. The Morgan fingerprint density at radius 1 is 1.27 bits per heavy atom. The van der Waals surface area contributed by atoms with Crippen LogP contribution in [-0.2, 0) is 10.5 Å². The van der Waals surface area contributed by atoms with Gasteiger partial charge in [0.05, 0.1) is 0 Å². The van der Waals surface area contributed by atoms with E-state index in [1.54, 1.807) is 4.90 Å². The topological polar surface area (TPSA) is 29.5 Å². The second-order valence-electron chi connectivity index (χ2n) is 6.60. The molecule has 1 aliphatic rings. The van der Waals surface area contributed by atoms with E-state index < -0.39 is 5.60 Å². The van der Waals surface area contributed by atoms with Crippen LogP contribution < -0.4 is 0 Å². The van der Waals surface area contributed by atoms with E-state index in [0.29, 0.717) is 5.25 Å². The van der Waals surface area contributed by atoms with Crippen molar-refractivity contribution >= 4 is 17.9 Å². The van der Waals surface area contributed by atoms with Crippen LogP contribution in [0, 0.1) is 5.82 Å². The Morgan fingerprint density at radius 3 is 2.41 bits per heavy atom. The van der Waals surface area contributed by atoms with Gasteiger partial charge in [-0.1, -0.05) is 12.1 Å². The third-order valence-electron chi connectivity index (χ3n) is 3.49. The van der Waals surface area contributed by atoms with Crippen molar-refractivity contribution in [1.82, 2.24) is 4.90 Å². The summed E-state index contributed by atoms with van der Waals surface area (Å²) in [6, 6.07) is 6.67. The zero-order valence-corrected chi connectivity index (χ0v) is 14.3. The van der Waals surface area contributed by atoms with E-state index in [1.165, 1.54) is 12.1 Å².